The molecule has 0 aromatic heterocycles. The fourth-order valence-corrected chi connectivity index (χ4v) is 6.46. The number of dihydropyridines is 1. The van der Waals surface area contributed by atoms with Crippen molar-refractivity contribution in [3.8, 4) is 5.75 Å². The Bertz CT molecular complexity index is 1360. The summed E-state index contributed by atoms with van der Waals surface area (Å²) < 4.78 is 44.6. The van der Waals surface area contributed by atoms with Gasteiger partial charge in [-0.15, -0.1) is 0 Å². The normalized spacial score (nSPS) is 17.4. The number of allylic oxidation sites excluding steroid dienone is 3. The lowest BCUT2D eigenvalue weighted by Gasteiger charge is -2.31. The van der Waals surface area contributed by atoms with Crippen molar-refractivity contribution in [2.75, 3.05) is 7.11 Å². The number of nitrogens with one attached hydrogen (secondary N) is 1. The van der Waals surface area contributed by atoms with Gasteiger partial charge in [-0.05, 0) is 77.4 Å². The van der Waals surface area contributed by atoms with Gasteiger partial charge in [0.1, 0.15) is 5.75 Å². The summed E-state index contributed by atoms with van der Waals surface area (Å²) >= 11 is 12.8. The van der Waals surface area contributed by atoms with Crippen molar-refractivity contribution in [3.05, 3.63) is 79.9 Å². The lowest BCUT2D eigenvalue weighted by Crippen LogP contribution is -2.32. The summed E-state index contributed by atoms with van der Waals surface area (Å²) in [6, 6.07) is 10.9. The molecule has 2 aromatic rings. The minimum absolute atomic E-state index is 0.0207. The van der Waals surface area contributed by atoms with E-state index in [1.807, 2.05) is 20.8 Å². The zero-order valence-corrected chi connectivity index (χ0v) is 24.1. The summed E-state index contributed by atoms with van der Waals surface area (Å²) in [5, 5.41) is 3.42. The molecule has 0 aliphatic carbocycles. The number of methoxy groups -OCH3 is 1. The van der Waals surface area contributed by atoms with Crippen LogP contribution in [-0.4, -0.2) is 33.4 Å². The molecule has 0 amide bonds. The highest BCUT2D eigenvalue weighted by molar-refractivity contribution is 7.95. The second-order valence-corrected chi connectivity index (χ2v) is 12.3. The van der Waals surface area contributed by atoms with E-state index >= 15 is 0 Å². The lowest BCUT2D eigenvalue weighted by molar-refractivity contribution is -0.140. The summed E-state index contributed by atoms with van der Waals surface area (Å²) in [7, 11) is -2.89. The number of ether oxygens (including phenoxy) is 3. The molecule has 0 saturated heterocycles. The van der Waals surface area contributed by atoms with Crippen molar-refractivity contribution < 1.29 is 27.4 Å². The number of hydrogen-bond donors (Lipinski definition) is 1. The van der Waals surface area contributed by atoms with Crippen LogP contribution in [0, 0.1) is 0 Å². The molecule has 0 bridgehead atoms. The quantitative estimate of drug-likeness (QED) is 0.307. The van der Waals surface area contributed by atoms with Gasteiger partial charge in [0, 0.05) is 11.4 Å². The van der Waals surface area contributed by atoms with E-state index in [2.05, 4.69) is 5.32 Å². The van der Waals surface area contributed by atoms with E-state index < -0.39 is 33.6 Å². The van der Waals surface area contributed by atoms with Gasteiger partial charge >= 0.3 is 5.97 Å². The van der Waals surface area contributed by atoms with E-state index in [1.165, 1.54) is 19.2 Å². The molecule has 10 heteroatoms. The van der Waals surface area contributed by atoms with Gasteiger partial charge in [0.05, 0.1) is 44.0 Å². The predicted molar refractivity (Wildman–Crippen MR) is 144 cm³/mol. The van der Waals surface area contributed by atoms with Crippen molar-refractivity contribution in [1.29, 1.82) is 0 Å². The summed E-state index contributed by atoms with van der Waals surface area (Å²) in [6.07, 6.45) is -0.542. The Labute approximate surface area is 228 Å². The number of benzene rings is 2. The van der Waals surface area contributed by atoms with Gasteiger partial charge in [0.25, 0.3) is 0 Å². The second-order valence-electron chi connectivity index (χ2n) is 9.61. The first-order chi connectivity index (χ1) is 17.2. The largest absolute Gasteiger partial charge is 0.466 e. The number of halogens is 2. The highest BCUT2D eigenvalue weighted by Crippen LogP contribution is 2.46. The Morgan fingerprint density at radius 3 is 2.22 bits per heavy atom. The van der Waals surface area contributed by atoms with Crippen LogP contribution in [0.25, 0.3) is 0 Å². The van der Waals surface area contributed by atoms with Crippen molar-refractivity contribution in [1.82, 2.24) is 5.32 Å². The highest BCUT2D eigenvalue weighted by Gasteiger charge is 2.41. The topological polar surface area (TPSA) is 90.9 Å². The SMILES string of the molecule is COC(=O)C1=C(C)NC(C)=C(S(=O)(=O)c2ccc(OC(C)OC(C)(C)C)cc2)C1c1cccc(Cl)c1Cl. The van der Waals surface area contributed by atoms with Gasteiger partial charge in [-0.1, -0.05) is 35.3 Å². The Kier molecular flexibility index (Phi) is 8.69. The van der Waals surface area contributed by atoms with Crippen molar-refractivity contribution in [2.24, 2.45) is 0 Å². The molecule has 7 nitrogen and oxygen atoms in total. The minimum Gasteiger partial charge on any atom is -0.466 e. The standard InChI is InChI=1S/C27H31Cl2NO6S/c1-15-22(26(31)34-7)23(20-9-8-10-21(28)24(20)29)25(16(2)30-15)37(32,33)19-13-11-18(12-14-19)35-17(3)36-27(4,5)6/h8-14,17,23,30H,1-7H3. The van der Waals surface area contributed by atoms with E-state index in [0.29, 0.717) is 22.7 Å². The first-order valence-corrected chi connectivity index (χ1v) is 13.8. The molecule has 2 aromatic carbocycles. The first-order valence-electron chi connectivity index (χ1n) is 11.6. The smallest absolute Gasteiger partial charge is 0.336 e. The molecule has 1 aliphatic heterocycles. The third-order valence-corrected chi connectivity index (χ3v) is 8.49. The molecular formula is C27H31Cl2NO6S. The van der Waals surface area contributed by atoms with E-state index in [0.717, 1.165) is 0 Å². The number of sulfone groups is 1. The molecule has 37 heavy (non-hydrogen) atoms. The third-order valence-electron chi connectivity index (χ3n) is 5.64. The minimum atomic E-state index is -4.12. The molecule has 0 radical (unpaired) electrons. The van der Waals surface area contributed by atoms with Gasteiger partial charge in [-0.3, -0.25) is 0 Å². The van der Waals surface area contributed by atoms with Gasteiger partial charge < -0.3 is 19.5 Å². The summed E-state index contributed by atoms with van der Waals surface area (Å²) in [5.74, 6) is -1.27. The molecule has 1 aliphatic rings. The maximum Gasteiger partial charge on any atom is 0.336 e. The Balaban J connectivity index is 2.10. The molecule has 2 unspecified atom stereocenters. The number of carbonyl (C=O) groups excluding carboxylic acids is 1. The van der Waals surface area contributed by atoms with Gasteiger partial charge in [0.15, 0.2) is 6.29 Å². The van der Waals surface area contributed by atoms with Crippen LogP contribution in [0.3, 0.4) is 0 Å². The summed E-state index contributed by atoms with van der Waals surface area (Å²) in [4.78, 5) is 12.9. The number of hydrogen-bond acceptors (Lipinski definition) is 7. The first kappa shape index (κ1) is 29.0. The van der Waals surface area contributed by atoms with Gasteiger partial charge in [0.2, 0.25) is 9.84 Å². The Morgan fingerprint density at radius 1 is 1.03 bits per heavy atom. The molecule has 0 fully saturated rings. The van der Waals surface area contributed by atoms with Crippen LogP contribution in [0.5, 0.6) is 5.75 Å². The lowest BCUT2D eigenvalue weighted by atomic mass is 9.86. The van der Waals surface area contributed by atoms with Gasteiger partial charge in [-0.2, -0.15) is 0 Å². The molecule has 0 spiro atoms. The van der Waals surface area contributed by atoms with Crippen molar-refractivity contribution in [3.63, 3.8) is 0 Å². The van der Waals surface area contributed by atoms with Crippen molar-refractivity contribution >= 4 is 39.0 Å². The molecule has 3 rings (SSSR count). The van der Waals surface area contributed by atoms with E-state index in [4.69, 9.17) is 37.4 Å². The van der Waals surface area contributed by atoms with E-state index in [9.17, 15) is 13.2 Å². The zero-order chi connectivity index (χ0) is 27.7. The number of carbonyl (C=O) groups is 1. The molecule has 1 N–H and O–H groups in total. The van der Waals surface area contributed by atoms with Crippen LogP contribution in [0.2, 0.25) is 10.0 Å². The zero-order valence-electron chi connectivity index (χ0n) is 21.8. The third kappa shape index (κ3) is 6.32. The maximum atomic E-state index is 14.0. The average molecular weight is 569 g/mol. The van der Waals surface area contributed by atoms with E-state index in [1.54, 1.807) is 51.1 Å². The summed E-state index contributed by atoms with van der Waals surface area (Å²) in [6.45, 7) is 10.8. The monoisotopic (exact) mass is 567 g/mol. The van der Waals surface area contributed by atoms with E-state index in [-0.39, 0.29) is 25.4 Å². The number of rotatable bonds is 7. The van der Waals surface area contributed by atoms with Crippen LogP contribution in [0.1, 0.15) is 53.0 Å². The molecule has 200 valence electrons. The van der Waals surface area contributed by atoms with Crippen LogP contribution in [-0.2, 0) is 24.1 Å². The fraction of sp³-hybridized carbons (Fsp3) is 0.370. The Morgan fingerprint density at radius 2 is 1.65 bits per heavy atom. The summed E-state index contributed by atoms with van der Waals surface area (Å²) in [5.41, 5.74) is 0.922. The predicted octanol–water partition coefficient (Wildman–Crippen LogP) is 6.37. The highest BCUT2D eigenvalue weighted by atomic mass is 35.5. The van der Waals surface area contributed by atoms with Gasteiger partial charge in [-0.25, -0.2) is 13.2 Å². The molecule has 2 atom stereocenters. The second kappa shape index (κ2) is 11.1. The van der Waals surface area contributed by atoms with Crippen LogP contribution < -0.4 is 10.1 Å². The van der Waals surface area contributed by atoms with Crippen molar-refractivity contribution in [2.45, 2.75) is 64.2 Å². The molecule has 1 heterocycles. The van der Waals surface area contributed by atoms with Crippen LogP contribution in [0.4, 0.5) is 0 Å². The molecule has 0 saturated carbocycles. The number of esters is 1. The maximum absolute atomic E-state index is 14.0. The van der Waals surface area contributed by atoms with Crippen LogP contribution >= 0.6 is 23.2 Å². The molecular weight excluding hydrogens is 537 g/mol. The van der Waals surface area contributed by atoms with Crippen LogP contribution in [0.15, 0.2) is 69.2 Å². The Hall–Kier alpha value is -2.52. The fourth-order valence-electron chi connectivity index (χ4n) is 4.29. The average Bonchev–Trinajstić information content (AvgIpc) is 2.79.